The summed E-state index contributed by atoms with van der Waals surface area (Å²) in [6.07, 6.45) is 0.0380. The van der Waals surface area contributed by atoms with E-state index in [1.54, 1.807) is 21.3 Å². The van der Waals surface area contributed by atoms with Crippen molar-refractivity contribution in [2.75, 3.05) is 34.5 Å². The zero-order valence-corrected chi connectivity index (χ0v) is 28.1. The van der Waals surface area contributed by atoms with Crippen LogP contribution in [0.5, 0.6) is 23.0 Å². The fraction of sp³-hybridized carbons (Fsp3) is 0.278. The van der Waals surface area contributed by atoms with Gasteiger partial charge in [0.05, 0.1) is 27.9 Å². The van der Waals surface area contributed by atoms with Crippen molar-refractivity contribution in [2.24, 2.45) is 4.99 Å². The molecule has 0 radical (unpaired) electrons. The van der Waals surface area contributed by atoms with Crippen molar-refractivity contribution in [3.05, 3.63) is 118 Å². The minimum absolute atomic E-state index is 0.0576. The van der Waals surface area contributed by atoms with Crippen LogP contribution in [0, 0.1) is 0 Å². The SMILES string of the molecule is COc1cc(CNNC(=O)[C@@]2(Cc3ccccc3)N=C(c3ccc(OCCCO)cc3)O[C@H]2c2ccccc2Br)cc(OC)c1OC. The Balaban J connectivity index is 1.50. The van der Waals surface area contributed by atoms with E-state index < -0.39 is 11.6 Å². The van der Waals surface area contributed by atoms with Gasteiger partial charge in [-0.2, -0.15) is 0 Å². The number of aliphatic hydroxyl groups excluding tert-OH is 1. The number of ether oxygens (including phenoxy) is 5. The first-order valence-corrected chi connectivity index (χ1v) is 15.9. The number of aliphatic hydroxyl groups is 1. The van der Waals surface area contributed by atoms with Gasteiger partial charge in [-0.05, 0) is 53.6 Å². The fourth-order valence-corrected chi connectivity index (χ4v) is 5.92. The van der Waals surface area contributed by atoms with Crippen molar-refractivity contribution in [3.8, 4) is 23.0 Å². The molecule has 4 aromatic carbocycles. The first-order chi connectivity index (χ1) is 22.9. The summed E-state index contributed by atoms with van der Waals surface area (Å²) in [5, 5.41) is 9.08. The van der Waals surface area contributed by atoms with E-state index in [4.69, 9.17) is 33.8 Å². The molecule has 0 unspecified atom stereocenters. The van der Waals surface area contributed by atoms with E-state index in [2.05, 4.69) is 26.8 Å². The molecule has 10 nitrogen and oxygen atoms in total. The van der Waals surface area contributed by atoms with Gasteiger partial charge in [-0.1, -0.05) is 64.5 Å². The highest BCUT2D eigenvalue weighted by Gasteiger charge is 2.54. The molecule has 0 aromatic heterocycles. The van der Waals surface area contributed by atoms with Gasteiger partial charge in [0.2, 0.25) is 11.6 Å². The van der Waals surface area contributed by atoms with Crippen molar-refractivity contribution in [1.29, 1.82) is 0 Å². The molecule has 0 saturated carbocycles. The maximum absolute atomic E-state index is 14.5. The molecule has 246 valence electrons. The molecule has 11 heteroatoms. The highest BCUT2D eigenvalue weighted by atomic mass is 79.9. The van der Waals surface area contributed by atoms with Gasteiger partial charge in [0, 0.05) is 41.6 Å². The Morgan fingerprint density at radius 3 is 2.23 bits per heavy atom. The van der Waals surface area contributed by atoms with Crippen LogP contribution >= 0.6 is 15.9 Å². The number of benzene rings is 4. The Morgan fingerprint density at radius 2 is 1.60 bits per heavy atom. The second-order valence-corrected chi connectivity index (χ2v) is 11.7. The van der Waals surface area contributed by atoms with Crippen molar-refractivity contribution < 1.29 is 33.6 Å². The Bertz CT molecular complexity index is 1660. The second kappa shape index (κ2) is 15.8. The molecule has 0 bridgehead atoms. The zero-order valence-electron chi connectivity index (χ0n) is 26.5. The van der Waals surface area contributed by atoms with Crippen LogP contribution in [0.4, 0.5) is 0 Å². The van der Waals surface area contributed by atoms with Gasteiger partial charge in [0.25, 0.3) is 5.91 Å². The molecule has 0 fully saturated rings. The van der Waals surface area contributed by atoms with Gasteiger partial charge < -0.3 is 28.8 Å². The Hall–Kier alpha value is -4.58. The summed E-state index contributed by atoms with van der Waals surface area (Å²) in [5.41, 5.74) is 7.81. The van der Waals surface area contributed by atoms with Crippen LogP contribution in [0.3, 0.4) is 0 Å². The number of hydrogen-bond donors (Lipinski definition) is 3. The molecule has 1 heterocycles. The quantitative estimate of drug-likeness (QED) is 0.109. The summed E-state index contributed by atoms with van der Waals surface area (Å²) in [7, 11) is 4.66. The van der Waals surface area contributed by atoms with Gasteiger partial charge in [0.15, 0.2) is 23.1 Å². The van der Waals surface area contributed by atoms with E-state index in [0.29, 0.717) is 47.5 Å². The Morgan fingerprint density at radius 1 is 0.915 bits per heavy atom. The molecule has 2 atom stereocenters. The maximum atomic E-state index is 14.5. The first kappa shape index (κ1) is 33.8. The van der Waals surface area contributed by atoms with Gasteiger partial charge in [-0.15, -0.1) is 0 Å². The number of hydrazine groups is 1. The number of nitrogens with zero attached hydrogens (tertiary/aromatic N) is 1. The van der Waals surface area contributed by atoms with E-state index in [9.17, 15) is 4.79 Å². The van der Waals surface area contributed by atoms with Gasteiger partial charge in [0.1, 0.15) is 5.75 Å². The number of carbonyl (C=O) groups excluding carboxylic acids is 1. The summed E-state index contributed by atoms with van der Waals surface area (Å²) in [5.74, 6) is 2.13. The minimum Gasteiger partial charge on any atom is -0.494 e. The number of aliphatic imine (C=N–C) groups is 1. The number of methoxy groups -OCH3 is 3. The van der Waals surface area contributed by atoms with Crippen LogP contribution in [0.25, 0.3) is 0 Å². The second-order valence-electron chi connectivity index (χ2n) is 10.8. The summed E-state index contributed by atoms with van der Waals surface area (Å²) in [6, 6.07) is 28.4. The predicted octanol–water partition coefficient (Wildman–Crippen LogP) is 5.56. The van der Waals surface area contributed by atoms with Crippen LogP contribution in [-0.2, 0) is 22.5 Å². The topological polar surface area (TPSA) is 120 Å². The van der Waals surface area contributed by atoms with E-state index in [1.165, 1.54) is 0 Å². The summed E-state index contributed by atoms with van der Waals surface area (Å²) < 4.78 is 29.6. The largest absolute Gasteiger partial charge is 0.494 e. The highest BCUT2D eigenvalue weighted by Crippen LogP contribution is 2.44. The number of carbonyl (C=O) groups is 1. The molecule has 5 rings (SSSR count). The van der Waals surface area contributed by atoms with E-state index in [-0.39, 0.29) is 25.5 Å². The van der Waals surface area contributed by atoms with Crippen LogP contribution in [0.15, 0.2) is 100 Å². The van der Waals surface area contributed by atoms with E-state index in [0.717, 1.165) is 21.2 Å². The molecule has 1 aliphatic heterocycles. The highest BCUT2D eigenvalue weighted by molar-refractivity contribution is 9.10. The van der Waals surface area contributed by atoms with Crippen LogP contribution < -0.4 is 29.8 Å². The van der Waals surface area contributed by atoms with Crippen LogP contribution in [0.1, 0.15) is 34.8 Å². The molecular weight excluding hydrogens is 666 g/mol. The molecule has 1 amide bonds. The summed E-state index contributed by atoms with van der Waals surface area (Å²) in [6.45, 7) is 0.724. The van der Waals surface area contributed by atoms with Gasteiger partial charge in [-0.25, -0.2) is 10.4 Å². The summed E-state index contributed by atoms with van der Waals surface area (Å²) >= 11 is 3.68. The lowest BCUT2D eigenvalue weighted by Crippen LogP contribution is -2.53. The van der Waals surface area contributed by atoms with E-state index >= 15 is 0 Å². The molecule has 4 aromatic rings. The Labute approximate surface area is 282 Å². The predicted molar refractivity (Wildman–Crippen MR) is 182 cm³/mol. The summed E-state index contributed by atoms with van der Waals surface area (Å²) in [4.78, 5) is 19.6. The smallest absolute Gasteiger partial charge is 0.266 e. The van der Waals surface area contributed by atoms with Crippen molar-refractivity contribution in [3.63, 3.8) is 0 Å². The number of amides is 1. The fourth-order valence-electron chi connectivity index (χ4n) is 5.43. The van der Waals surface area contributed by atoms with Crippen LogP contribution in [-0.4, -0.2) is 57.0 Å². The Kier molecular flexibility index (Phi) is 11.4. The molecule has 3 N–H and O–H groups in total. The number of halogens is 1. The lowest BCUT2D eigenvalue weighted by molar-refractivity contribution is -0.130. The minimum atomic E-state index is -1.39. The van der Waals surface area contributed by atoms with Gasteiger partial charge >= 0.3 is 0 Å². The molecular formula is C36H38BrN3O7. The number of nitrogens with one attached hydrogen (secondary N) is 2. The van der Waals surface area contributed by atoms with Crippen molar-refractivity contribution in [2.45, 2.75) is 31.0 Å². The lowest BCUT2D eigenvalue weighted by atomic mass is 9.82. The number of hydrogen-bond acceptors (Lipinski definition) is 9. The van der Waals surface area contributed by atoms with Crippen molar-refractivity contribution in [1.82, 2.24) is 10.9 Å². The molecule has 1 aliphatic rings. The average Bonchev–Trinajstić information content (AvgIpc) is 3.48. The van der Waals surface area contributed by atoms with Crippen molar-refractivity contribution >= 4 is 27.7 Å². The third-order valence-electron chi connectivity index (χ3n) is 7.75. The normalized spacial score (nSPS) is 17.0. The average molecular weight is 705 g/mol. The lowest BCUT2D eigenvalue weighted by Gasteiger charge is -2.31. The molecule has 0 saturated heterocycles. The molecule has 47 heavy (non-hydrogen) atoms. The maximum Gasteiger partial charge on any atom is 0.266 e. The third-order valence-corrected chi connectivity index (χ3v) is 8.48. The van der Waals surface area contributed by atoms with Crippen LogP contribution in [0.2, 0.25) is 0 Å². The molecule has 0 spiro atoms. The van der Waals surface area contributed by atoms with Gasteiger partial charge in [-0.3, -0.25) is 10.2 Å². The zero-order chi connectivity index (χ0) is 33.2. The molecule has 0 aliphatic carbocycles. The standard InChI is InChI=1S/C36H38BrN3O7/c1-43-30-20-25(21-31(44-2)32(30)45-3)23-38-40-35(42)36(22-24-10-5-4-6-11-24)33(28-12-7-8-13-29(28)37)47-34(39-36)26-14-16-27(17-15-26)46-19-9-18-41/h4-8,10-17,20-21,33,38,41H,9,18-19,22-23H2,1-3H3,(H,40,42)/t33-,36-/m0/s1. The monoisotopic (exact) mass is 703 g/mol. The third kappa shape index (κ3) is 7.70. The number of rotatable bonds is 15. The van der Waals surface area contributed by atoms with E-state index in [1.807, 2.05) is 91.0 Å². The first-order valence-electron chi connectivity index (χ1n) is 15.1.